The number of halogens is 3. The van der Waals surface area contributed by atoms with Crippen LogP contribution in [0.3, 0.4) is 0 Å². The zero-order chi connectivity index (χ0) is 18.9. The van der Waals surface area contributed by atoms with Crippen molar-refractivity contribution in [1.29, 1.82) is 0 Å². The van der Waals surface area contributed by atoms with E-state index in [0.717, 1.165) is 18.7 Å². The minimum atomic E-state index is -4.43. The fourth-order valence-corrected chi connectivity index (χ4v) is 3.92. The third kappa shape index (κ3) is 4.11. The van der Waals surface area contributed by atoms with E-state index in [0.29, 0.717) is 19.6 Å². The maximum Gasteiger partial charge on any atom is 0.418 e. The first-order valence-corrected chi connectivity index (χ1v) is 8.76. The van der Waals surface area contributed by atoms with Crippen molar-refractivity contribution in [3.8, 4) is 0 Å². The average molecular weight is 375 g/mol. The Morgan fingerprint density at radius 3 is 2.65 bits per heavy atom. The van der Waals surface area contributed by atoms with Crippen LogP contribution in [0.2, 0.25) is 0 Å². The molecule has 0 radical (unpaired) electrons. The number of alkyl halides is 3. The molecule has 0 aromatic carbocycles. The number of anilines is 1. The van der Waals surface area contributed by atoms with Gasteiger partial charge in [0.2, 0.25) is 0 Å². The summed E-state index contributed by atoms with van der Waals surface area (Å²) in [5.41, 5.74) is -0.590. The van der Waals surface area contributed by atoms with Gasteiger partial charge in [-0.25, -0.2) is 0 Å². The van der Waals surface area contributed by atoms with E-state index in [9.17, 15) is 28.5 Å². The second-order valence-electron chi connectivity index (χ2n) is 7.15. The standard InChI is InChI=1S/C17H24F3N3O3/c18-17(19,20)13-1-3-21-6-14(13)22-4-2-11(7-22)8-23-9-16(26)15(25)5-12(23)10-24/h1,3,6,11-12,15-16,24-26H,2,4-5,7-10H2/t11?,12-,15?,16+/m1/s1. The van der Waals surface area contributed by atoms with Gasteiger partial charge in [0.15, 0.2) is 0 Å². The zero-order valence-electron chi connectivity index (χ0n) is 14.3. The first kappa shape index (κ1) is 19.3. The van der Waals surface area contributed by atoms with Gasteiger partial charge in [0.25, 0.3) is 0 Å². The smallest absolute Gasteiger partial charge is 0.395 e. The van der Waals surface area contributed by atoms with Crippen LogP contribution in [0.15, 0.2) is 18.5 Å². The highest BCUT2D eigenvalue weighted by atomic mass is 19.4. The molecule has 3 rings (SSSR count). The number of pyridine rings is 1. The molecule has 0 spiro atoms. The van der Waals surface area contributed by atoms with Gasteiger partial charge in [-0.3, -0.25) is 9.88 Å². The molecule has 9 heteroatoms. The molecule has 1 aromatic heterocycles. The summed E-state index contributed by atoms with van der Waals surface area (Å²) in [6, 6.07) is 0.749. The first-order chi connectivity index (χ1) is 12.3. The molecule has 2 unspecified atom stereocenters. The predicted molar refractivity (Wildman–Crippen MR) is 88.6 cm³/mol. The Morgan fingerprint density at radius 1 is 1.19 bits per heavy atom. The molecule has 0 saturated carbocycles. The SMILES string of the molecule is OC[C@H]1CC(O)[C@@H](O)CN1CC1CCN(c2cnccc2C(F)(F)F)C1. The minimum absolute atomic E-state index is 0.0929. The topological polar surface area (TPSA) is 80.1 Å². The lowest BCUT2D eigenvalue weighted by Gasteiger charge is -2.40. The van der Waals surface area contributed by atoms with Crippen LogP contribution < -0.4 is 4.90 Å². The molecule has 6 nitrogen and oxygen atoms in total. The second kappa shape index (κ2) is 7.67. The van der Waals surface area contributed by atoms with E-state index >= 15 is 0 Å². The minimum Gasteiger partial charge on any atom is -0.395 e. The summed E-state index contributed by atoms with van der Waals surface area (Å²) in [4.78, 5) is 7.47. The van der Waals surface area contributed by atoms with E-state index < -0.39 is 23.9 Å². The number of likely N-dealkylation sites (tertiary alicyclic amines) is 1. The number of hydrogen-bond acceptors (Lipinski definition) is 6. The summed E-state index contributed by atoms with van der Waals surface area (Å²) in [5.74, 6) is 0.118. The highest BCUT2D eigenvalue weighted by Gasteiger charge is 2.38. The summed E-state index contributed by atoms with van der Waals surface area (Å²) in [5, 5.41) is 29.1. The molecule has 4 atom stereocenters. The van der Waals surface area contributed by atoms with E-state index in [1.165, 1.54) is 6.20 Å². The lowest BCUT2D eigenvalue weighted by atomic mass is 9.95. The van der Waals surface area contributed by atoms with Crippen LogP contribution in [-0.4, -0.2) is 76.2 Å². The van der Waals surface area contributed by atoms with E-state index in [1.54, 1.807) is 4.90 Å². The molecule has 0 amide bonds. The van der Waals surface area contributed by atoms with Crippen molar-refractivity contribution in [1.82, 2.24) is 9.88 Å². The summed E-state index contributed by atoms with van der Waals surface area (Å²) < 4.78 is 39.6. The van der Waals surface area contributed by atoms with Crippen LogP contribution >= 0.6 is 0 Å². The molecule has 2 aliphatic heterocycles. The molecule has 0 bridgehead atoms. The van der Waals surface area contributed by atoms with Gasteiger partial charge in [-0.05, 0) is 24.8 Å². The average Bonchev–Trinajstić information content (AvgIpc) is 3.05. The first-order valence-electron chi connectivity index (χ1n) is 8.76. The monoisotopic (exact) mass is 375 g/mol. The second-order valence-corrected chi connectivity index (χ2v) is 7.15. The normalized spacial score (nSPS) is 30.8. The number of nitrogens with zero attached hydrogens (tertiary/aromatic N) is 3. The van der Waals surface area contributed by atoms with Gasteiger partial charge >= 0.3 is 6.18 Å². The molecule has 2 aliphatic rings. The Balaban J connectivity index is 1.66. The molecule has 2 saturated heterocycles. The van der Waals surface area contributed by atoms with Crippen LogP contribution in [0.1, 0.15) is 18.4 Å². The van der Waals surface area contributed by atoms with Crippen molar-refractivity contribution in [2.24, 2.45) is 5.92 Å². The summed E-state index contributed by atoms with van der Waals surface area (Å²) in [7, 11) is 0. The van der Waals surface area contributed by atoms with Crippen molar-refractivity contribution < 1.29 is 28.5 Å². The van der Waals surface area contributed by atoms with E-state index in [2.05, 4.69) is 4.98 Å². The number of aliphatic hydroxyl groups excluding tert-OH is 3. The van der Waals surface area contributed by atoms with Crippen molar-refractivity contribution in [3.05, 3.63) is 24.0 Å². The number of rotatable bonds is 4. The van der Waals surface area contributed by atoms with Gasteiger partial charge < -0.3 is 20.2 Å². The predicted octanol–water partition coefficient (Wildman–Crippen LogP) is 0.715. The summed E-state index contributed by atoms with van der Waals surface area (Å²) in [6.07, 6.45) is -2.74. The highest BCUT2D eigenvalue weighted by Crippen LogP contribution is 2.37. The maximum absolute atomic E-state index is 13.2. The number of piperidine rings is 1. The van der Waals surface area contributed by atoms with Gasteiger partial charge in [0.05, 0.1) is 36.3 Å². The van der Waals surface area contributed by atoms with Crippen LogP contribution in [0.25, 0.3) is 0 Å². The van der Waals surface area contributed by atoms with Crippen LogP contribution in [-0.2, 0) is 6.18 Å². The van der Waals surface area contributed by atoms with Crippen molar-refractivity contribution in [3.63, 3.8) is 0 Å². The van der Waals surface area contributed by atoms with Gasteiger partial charge in [0, 0.05) is 38.4 Å². The molecule has 3 N–H and O–H groups in total. The Hall–Kier alpha value is -1.42. The van der Waals surface area contributed by atoms with Crippen LogP contribution in [0.5, 0.6) is 0 Å². The van der Waals surface area contributed by atoms with Gasteiger partial charge in [-0.2, -0.15) is 13.2 Å². The quantitative estimate of drug-likeness (QED) is 0.720. The Morgan fingerprint density at radius 2 is 1.96 bits per heavy atom. The number of aliphatic hydroxyl groups is 3. The summed E-state index contributed by atoms with van der Waals surface area (Å²) >= 11 is 0. The lowest BCUT2D eigenvalue weighted by molar-refractivity contribution is -0.137. The Labute approximate surface area is 149 Å². The number of β-amino-alcohol motifs (C(OH)–C–C–N with tert-alkyl or cyclic N) is 1. The lowest BCUT2D eigenvalue weighted by Crippen LogP contribution is -2.54. The molecule has 0 aliphatic carbocycles. The maximum atomic E-state index is 13.2. The van der Waals surface area contributed by atoms with Gasteiger partial charge in [0.1, 0.15) is 0 Å². The van der Waals surface area contributed by atoms with E-state index in [-0.39, 0.29) is 37.2 Å². The number of aromatic nitrogens is 1. The number of hydrogen-bond donors (Lipinski definition) is 3. The fourth-order valence-electron chi connectivity index (χ4n) is 3.92. The molecular weight excluding hydrogens is 351 g/mol. The van der Waals surface area contributed by atoms with Crippen molar-refractivity contribution in [2.75, 3.05) is 37.7 Å². The third-order valence-corrected chi connectivity index (χ3v) is 5.33. The van der Waals surface area contributed by atoms with E-state index in [1.807, 2.05) is 4.90 Å². The molecule has 146 valence electrons. The Bertz CT molecular complexity index is 616. The summed E-state index contributed by atoms with van der Waals surface area (Å²) in [6.45, 7) is 1.65. The largest absolute Gasteiger partial charge is 0.418 e. The van der Waals surface area contributed by atoms with Gasteiger partial charge in [-0.15, -0.1) is 0 Å². The highest BCUT2D eigenvalue weighted by molar-refractivity contribution is 5.53. The zero-order valence-corrected chi connectivity index (χ0v) is 14.3. The molecule has 2 fully saturated rings. The molecule has 3 heterocycles. The third-order valence-electron chi connectivity index (χ3n) is 5.33. The fraction of sp³-hybridized carbons (Fsp3) is 0.706. The van der Waals surface area contributed by atoms with Crippen molar-refractivity contribution in [2.45, 2.75) is 37.3 Å². The molecule has 1 aromatic rings. The molecule has 26 heavy (non-hydrogen) atoms. The van der Waals surface area contributed by atoms with Crippen molar-refractivity contribution >= 4 is 5.69 Å². The van der Waals surface area contributed by atoms with Crippen LogP contribution in [0, 0.1) is 5.92 Å². The Kier molecular flexibility index (Phi) is 5.71. The van der Waals surface area contributed by atoms with Gasteiger partial charge in [-0.1, -0.05) is 0 Å². The van der Waals surface area contributed by atoms with Crippen LogP contribution in [0.4, 0.5) is 18.9 Å². The van der Waals surface area contributed by atoms with E-state index in [4.69, 9.17) is 0 Å². The molecular formula is C17H24F3N3O3.